The van der Waals surface area contributed by atoms with Gasteiger partial charge < -0.3 is 9.64 Å². The highest BCUT2D eigenvalue weighted by Gasteiger charge is 2.20. The molecule has 148 valence electrons. The lowest BCUT2D eigenvalue weighted by molar-refractivity contribution is 0.0779. The number of fused-ring (bicyclic) bond motifs is 1. The third kappa shape index (κ3) is 3.69. The minimum atomic E-state index is -0.378. The second kappa shape index (κ2) is 7.75. The average molecular weight is 393 g/mol. The zero-order valence-corrected chi connectivity index (χ0v) is 16.1. The summed E-state index contributed by atoms with van der Waals surface area (Å²) in [6.45, 7) is 2.58. The Labute approximate surface area is 166 Å². The number of nitrogens with zero attached hydrogens (tertiary/aromatic N) is 4. The molecule has 7 nitrogen and oxygen atoms in total. The number of rotatable bonds is 6. The number of ether oxygens (including phenoxy) is 1. The molecule has 8 heteroatoms. The summed E-state index contributed by atoms with van der Waals surface area (Å²) in [6, 6.07) is 12.1. The molecule has 0 saturated heterocycles. The van der Waals surface area contributed by atoms with Crippen LogP contribution in [0.3, 0.4) is 0 Å². The summed E-state index contributed by atoms with van der Waals surface area (Å²) in [5.74, 6) is -0.645. The third-order valence-electron chi connectivity index (χ3n) is 4.57. The number of carbonyl (C=O) groups excluding carboxylic acids is 1. The number of imidazole rings is 1. The highest BCUT2D eigenvalue weighted by molar-refractivity contribution is 5.92. The molecule has 0 bridgehead atoms. The molecule has 2 heterocycles. The van der Waals surface area contributed by atoms with E-state index in [2.05, 4.69) is 15.2 Å². The van der Waals surface area contributed by atoms with Gasteiger partial charge in [-0.1, -0.05) is 24.3 Å². The molecule has 2 aromatic carbocycles. The normalized spacial score (nSPS) is 11.0. The molecule has 0 aliphatic heterocycles. The minimum Gasteiger partial charge on any atom is -0.465 e. The number of amides is 1. The predicted octanol–water partition coefficient (Wildman–Crippen LogP) is 3.56. The number of H-pyrrole nitrogens is 1. The highest BCUT2D eigenvalue weighted by atomic mass is 19.1. The molecule has 0 saturated carbocycles. The number of hydrogen-bond donors (Lipinski definition) is 1. The van der Waals surface area contributed by atoms with Gasteiger partial charge in [-0.2, -0.15) is 10.1 Å². The topological polar surface area (TPSA) is 76.0 Å². The second-order valence-electron chi connectivity index (χ2n) is 6.60. The molecule has 0 unspecified atom stereocenters. The first-order valence-electron chi connectivity index (χ1n) is 9.21. The van der Waals surface area contributed by atoms with Gasteiger partial charge in [0.1, 0.15) is 5.82 Å². The van der Waals surface area contributed by atoms with E-state index >= 15 is 0 Å². The Balaban J connectivity index is 1.62. The lowest BCUT2D eigenvalue weighted by Crippen LogP contribution is -2.26. The summed E-state index contributed by atoms with van der Waals surface area (Å²) in [4.78, 5) is 18.9. The van der Waals surface area contributed by atoms with Crippen molar-refractivity contribution in [3.63, 3.8) is 0 Å². The van der Waals surface area contributed by atoms with Gasteiger partial charge >= 0.3 is 6.01 Å². The van der Waals surface area contributed by atoms with Crippen LogP contribution in [0.15, 0.2) is 54.9 Å². The Morgan fingerprint density at radius 1 is 1.28 bits per heavy atom. The van der Waals surface area contributed by atoms with Gasteiger partial charge in [-0.05, 0) is 30.7 Å². The van der Waals surface area contributed by atoms with Crippen LogP contribution in [0.25, 0.3) is 16.6 Å². The molecular weight excluding hydrogens is 373 g/mol. The maximum Gasteiger partial charge on any atom is 0.301 e. The van der Waals surface area contributed by atoms with Gasteiger partial charge in [0.05, 0.1) is 24.0 Å². The Hall–Kier alpha value is -3.68. The predicted molar refractivity (Wildman–Crippen MR) is 107 cm³/mol. The molecule has 0 spiro atoms. The van der Waals surface area contributed by atoms with Gasteiger partial charge in [0.25, 0.3) is 5.91 Å². The lowest BCUT2D eigenvalue weighted by atomic mass is 10.1. The molecule has 0 aliphatic carbocycles. The van der Waals surface area contributed by atoms with Crippen LogP contribution < -0.4 is 4.74 Å². The Morgan fingerprint density at radius 2 is 2.10 bits per heavy atom. The van der Waals surface area contributed by atoms with Crippen molar-refractivity contribution in [2.75, 3.05) is 13.7 Å². The second-order valence-corrected chi connectivity index (χ2v) is 6.60. The number of benzene rings is 2. The molecule has 4 rings (SSSR count). The van der Waals surface area contributed by atoms with Gasteiger partial charge in [0.15, 0.2) is 5.69 Å². The van der Waals surface area contributed by atoms with Crippen molar-refractivity contribution in [1.29, 1.82) is 0 Å². The van der Waals surface area contributed by atoms with Crippen molar-refractivity contribution in [3.05, 3.63) is 71.9 Å². The van der Waals surface area contributed by atoms with Crippen molar-refractivity contribution >= 4 is 16.8 Å². The Morgan fingerprint density at radius 3 is 2.90 bits per heavy atom. The first kappa shape index (κ1) is 18.7. The van der Waals surface area contributed by atoms with E-state index in [0.29, 0.717) is 18.8 Å². The largest absolute Gasteiger partial charge is 0.465 e. The van der Waals surface area contributed by atoms with Crippen molar-refractivity contribution < 1.29 is 13.9 Å². The molecule has 4 aromatic rings. The van der Waals surface area contributed by atoms with Gasteiger partial charge in [-0.3, -0.25) is 14.5 Å². The van der Waals surface area contributed by atoms with Crippen LogP contribution in [0, 0.1) is 5.82 Å². The summed E-state index contributed by atoms with van der Waals surface area (Å²) in [5, 5.41) is 8.01. The Kier molecular flexibility index (Phi) is 4.99. The third-order valence-corrected chi connectivity index (χ3v) is 4.57. The van der Waals surface area contributed by atoms with Crippen LogP contribution in [0.2, 0.25) is 0 Å². The standard InChI is InChI=1S/C21H20FN5O2/c1-3-29-21-24-18(13-27(21)17-9-5-8-16(22)10-17)20(28)26(2)12-15-7-4-6-14-11-23-25-19(14)15/h4-11,13H,3,12H2,1-2H3,(H,23,25). The van der Waals surface area contributed by atoms with Crippen LogP contribution in [0.1, 0.15) is 23.0 Å². The van der Waals surface area contributed by atoms with Crippen molar-refractivity contribution in [3.8, 4) is 11.7 Å². The zero-order chi connectivity index (χ0) is 20.4. The number of carbonyl (C=O) groups is 1. The lowest BCUT2D eigenvalue weighted by Gasteiger charge is -2.16. The number of nitrogens with one attached hydrogen (secondary N) is 1. The van der Waals surface area contributed by atoms with Crippen LogP contribution in [-0.4, -0.2) is 44.2 Å². The van der Waals surface area contributed by atoms with E-state index in [-0.39, 0.29) is 23.4 Å². The van der Waals surface area contributed by atoms with E-state index in [1.165, 1.54) is 12.1 Å². The Bertz CT molecular complexity index is 1170. The van der Waals surface area contributed by atoms with Crippen LogP contribution in [0.5, 0.6) is 6.01 Å². The van der Waals surface area contributed by atoms with Gasteiger partial charge in [0.2, 0.25) is 0 Å². The van der Waals surface area contributed by atoms with E-state index in [1.54, 1.807) is 41.0 Å². The molecular formula is C21H20FN5O2. The van der Waals surface area contributed by atoms with Gasteiger partial charge in [0, 0.05) is 25.2 Å². The summed E-state index contributed by atoms with van der Waals surface area (Å²) in [6.07, 6.45) is 3.31. The van der Waals surface area contributed by atoms with Crippen molar-refractivity contribution in [2.45, 2.75) is 13.5 Å². The molecule has 0 fully saturated rings. The number of para-hydroxylation sites is 1. The highest BCUT2D eigenvalue weighted by Crippen LogP contribution is 2.22. The summed E-state index contributed by atoms with van der Waals surface area (Å²) >= 11 is 0. The molecule has 2 aromatic heterocycles. The van der Waals surface area contributed by atoms with E-state index in [4.69, 9.17) is 4.74 Å². The number of aromatic amines is 1. The quantitative estimate of drug-likeness (QED) is 0.543. The summed E-state index contributed by atoms with van der Waals surface area (Å²) < 4.78 is 20.8. The maximum absolute atomic E-state index is 13.6. The molecule has 0 aliphatic rings. The van der Waals surface area contributed by atoms with E-state index < -0.39 is 0 Å². The molecule has 1 amide bonds. The summed E-state index contributed by atoms with van der Waals surface area (Å²) in [5.41, 5.74) is 2.60. The zero-order valence-electron chi connectivity index (χ0n) is 16.1. The molecule has 0 atom stereocenters. The first-order valence-corrected chi connectivity index (χ1v) is 9.21. The van der Waals surface area contributed by atoms with Crippen LogP contribution >= 0.6 is 0 Å². The fourth-order valence-corrected chi connectivity index (χ4v) is 3.19. The van der Waals surface area contributed by atoms with Crippen molar-refractivity contribution in [2.24, 2.45) is 0 Å². The molecule has 29 heavy (non-hydrogen) atoms. The van der Waals surface area contributed by atoms with E-state index in [9.17, 15) is 9.18 Å². The van der Waals surface area contributed by atoms with E-state index in [1.807, 2.05) is 25.1 Å². The smallest absolute Gasteiger partial charge is 0.301 e. The van der Waals surface area contributed by atoms with Crippen molar-refractivity contribution in [1.82, 2.24) is 24.6 Å². The number of halogens is 1. The fraction of sp³-hybridized carbons (Fsp3) is 0.190. The van der Waals surface area contributed by atoms with Crippen LogP contribution in [-0.2, 0) is 6.54 Å². The molecule has 1 N–H and O–H groups in total. The minimum absolute atomic E-state index is 0.219. The SMILES string of the molecule is CCOc1nc(C(=O)N(C)Cc2cccc3cn[nH]c23)cn1-c1cccc(F)c1. The first-order chi connectivity index (χ1) is 14.1. The van der Waals surface area contributed by atoms with Crippen LogP contribution in [0.4, 0.5) is 4.39 Å². The fourth-order valence-electron chi connectivity index (χ4n) is 3.19. The molecule has 0 radical (unpaired) electrons. The number of aromatic nitrogens is 4. The average Bonchev–Trinajstić information content (AvgIpc) is 3.35. The maximum atomic E-state index is 13.6. The monoisotopic (exact) mass is 393 g/mol. The summed E-state index contributed by atoms with van der Waals surface area (Å²) in [7, 11) is 1.71. The van der Waals surface area contributed by atoms with Gasteiger partial charge in [-0.15, -0.1) is 0 Å². The van der Waals surface area contributed by atoms with E-state index in [0.717, 1.165) is 16.5 Å². The number of hydrogen-bond acceptors (Lipinski definition) is 4. The van der Waals surface area contributed by atoms with Gasteiger partial charge in [-0.25, -0.2) is 4.39 Å².